The second kappa shape index (κ2) is 3.75. The van der Waals surface area contributed by atoms with E-state index in [1.165, 1.54) is 19.2 Å². The molecule has 0 radical (unpaired) electrons. The summed E-state index contributed by atoms with van der Waals surface area (Å²) >= 11 is 0. The smallest absolute Gasteiger partial charge is 0.410 e. The van der Waals surface area contributed by atoms with Gasteiger partial charge in [-0.1, -0.05) is 0 Å². The van der Waals surface area contributed by atoms with Crippen LogP contribution >= 0.6 is 0 Å². The first kappa shape index (κ1) is 9.31. The summed E-state index contributed by atoms with van der Waals surface area (Å²) < 4.78 is 17.5. The Hall–Kier alpha value is -1.78. The summed E-state index contributed by atoms with van der Waals surface area (Å²) in [6, 6.07) is 3.78. The minimum atomic E-state index is -0.649. The highest BCUT2D eigenvalue weighted by molar-refractivity contribution is 5.70. The third kappa shape index (κ3) is 2.33. The molecule has 1 rings (SSSR count). The van der Waals surface area contributed by atoms with Crippen LogP contribution in [0.5, 0.6) is 5.75 Å². The van der Waals surface area contributed by atoms with Gasteiger partial charge in [-0.05, 0) is 12.1 Å². The molecule has 0 atom stereocenters. The maximum Gasteiger partial charge on any atom is 0.412 e. The van der Waals surface area contributed by atoms with Crippen molar-refractivity contribution >= 4 is 11.8 Å². The summed E-state index contributed by atoms with van der Waals surface area (Å²) in [4.78, 5) is 10.7. The van der Waals surface area contributed by atoms with E-state index in [4.69, 9.17) is 5.73 Å². The Morgan fingerprint density at radius 3 is 2.85 bits per heavy atom. The minimum absolute atomic E-state index is 0.0178. The average Bonchev–Trinajstić information content (AvgIpc) is 2.11. The van der Waals surface area contributed by atoms with Gasteiger partial charge in [0.1, 0.15) is 11.6 Å². The molecule has 0 aromatic heterocycles. The Balaban J connectivity index is 2.79. The number of hydrogen-bond donors (Lipinski definition) is 2. The number of ether oxygens (including phenoxy) is 1. The highest BCUT2D eigenvalue weighted by atomic mass is 19.1. The van der Waals surface area contributed by atoms with E-state index in [2.05, 4.69) is 10.1 Å². The topological polar surface area (TPSA) is 64.3 Å². The molecular formula is C8H9FN2O2. The van der Waals surface area contributed by atoms with Crippen LogP contribution in [0.3, 0.4) is 0 Å². The predicted octanol–water partition coefficient (Wildman–Crippen LogP) is 1.13. The molecule has 0 unspecified atom stereocenters. The van der Waals surface area contributed by atoms with E-state index in [1.807, 2.05) is 0 Å². The number of carbonyl (C=O) groups excluding carboxylic acids is 1. The second-order valence-electron chi connectivity index (χ2n) is 2.32. The fraction of sp³-hybridized carbons (Fsp3) is 0.125. The third-order valence-corrected chi connectivity index (χ3v) is 1.39. The highest BCUT2D eigenvalue weighted by Crippen LogP contribution is 2.17. The second-order valence-corrected chi connectivity index (χ2v) is 2.32. The van der Waals surface area contributed by atoms with Crippen molar-refractivity contribution in [1.29, 1.82) is 0 Å². The van der Waals surface area contributed by atoms with Gasteiger partial charge >= 0.3 is 6.09 Å². The number of anilines is 1. The van der Waals surface area contributed by atoms with Crippen molar-refractivity contribution in [3.05, 3.63) is 24.0 Å². The van der Waals surface area contributed by atoms with Crippen LogP contribution in [-0.2, 0) is 0 Å². The number of nitrogens with two attached hydrogens (primary N) is 1. The number of nitrogen functional groups attached to an aromatic ring is 1. The Labute approximate surface area is 74.5 Å². The molecule has 0 saturated carbocycles. The van der Waals surface area contributed by atoms with Gasteiger partial charge in [-0.3, -0.25) is 0 Å². The molecule has 0 aliphatic rings. The number of amides is 1. The monoisotopic (exact) mass is 184 g/mol. The zero-order chi connectivity index (χ0) is 9.84. The molecular weight excluding hydrogens is 175 g/mol. The largest absolute Gasteiger partial charge is 0.412 e. The van der Waals surface area contributed by atoms with Crippen LogP contribution in [0.2, 0.25) is 0 Å². The Morgan fingerprint density at radius 2 is 2.31 bits per heavy atom. The number of rotatable bonds is 1. The molecule has 1 aromatic rings. The summed E-state index contributed by atoms with van der Waals surface area (Å²) in [6.07, 6.45) is -0.649. The fourth-order valence-electron chi connectivity index (χ4n) is 0.729. The third-order valence-electron chi connectivity index (χ3n) is 1.39. The lowest BCUT2D eigenvalue weighted by Crippen LogP contribution is -2.22. The molecule has 0 aliphatic heterocycles. The molecule has 0 heterocycles. The van der Waals surface area contributed by atoms with Crippen LogP contribution in [0, 0.1) is 5.82 Å². The van der Waals surface area contributed by atoms with Crippen molar-refractivity contribution < 1.29 is 13.9 Å². The fourth-order valence-corrected chi connectivity index (χ4v) is 0.729. The van der Waals surface area contributed by atoms with Crippen molar-refractivity contribution in [2.24, 2.45) is 0 Å². The maximum atomic E-state index is 12.8. The van der Waals surface area contributed by atoms with Crippen LogP contribution in [0.1, 0.15) is 0 Å². The van der Waals surface area contributed by atoms with Crippen LogP contribution in [0.4, 0.5) is 14.9 Å². The average molecular weight is 184 g/mol. The van der Waals surface area contributed by atoms with Gasteiger partial charge in [0.05, 0.1) is 5.69 Å². The molecule has 0 fully saturated rings. The summed E-state index contributed by atoms with van der Waals surface area (Å²) in [5.74, 6) is -0.493. The van der Waals surface area contributed by atoms with E-state index >= 15 is 0 Å². The molecule has 4 nitrogen and oxygen atoms in total. The van der Waals surface area contributed by atoms with Gasteiger partial charge in [-0.2, -0.15) is 0 Å². The Bertz CT molecular complexity index is 328. The number of nitrogens with one attached hydrogen (secondary N) is 1. The van der Waals surface area contributed by atoms with Crippen LogP contribution in [0.25, 0.3) is 0 Å². The Kier molecular flexibility index (Phi) is 2.69. The minimum Gasteiger partial charge on any atom is -0.410 e. The van der Waals surface area contributed by atoms with Crippen molar-refractivity contribution in [3.8, 4) is 5.75 Å². The molecule has 0 bridgehead atoms. The quantitative estimate of drug-likeness (QED) is 0.643. The van der Waals surface area contributed by atoms with Crippen molar-refractivity contribution in [3.63, 3.8) is 0 Å². The van der Waals surface area contributed by atoms with Crippen molar-refractivity contribution in [2.75, 3.05) is 12.8 Å². The van der Waals surface area contributed by atoms with Crippen molar-refractivity contribution in [1.82, 2.24) is 5.32 Å². The number of benzene rings is 1. The lowest BCUT2D eigenvalue weighted by molar-refractivity contribution is 0.203. The maximum absolute atomic E-state index is 12.8. The first-order valence-electron chi connectivity index (χ1n) is 3.58. The molecule has 1 aromatic carbocycles. The number of hydrogen-bond acceptors (Lipinski definition) is 3. The summed E-state index contributed by atoms with van der Waals surface area (Å²) in [6.45, 7) is 0. The molecule has 5 heteroatoms. The van der Waals surface area contributed by atoms with E-state index in [9.17, 15) is 9.18 Å². The lowest BCUT2D eigenvalue weighted by Gasteiger charge is -2.03. The van der Waals surface area contributed by atoms with Crippen LogP contribution < -0.4 is 15.8 Å². The van der Waals surface area contributed by atoms with E-state index < -0.39 is 11.9 Å². The highest BCUT2D eigenvalue weighted by Gasteiger charge is 2.04. The summed E-state index contributed by atoms with van der Waals surface area (Å²) in [7, 11) is 1.41. The Morgan fingerprint density at radius 1 is 1.62 bits per heavy atom. The molecule has 13 heavy (non-hydrogen) atoms. The van der Waals surface area contributed by atoms with Gasteiger partial charge in [0.15, 0.2) is 0 Å². The summed E-state index contributed by atoms with van der Waals surface area (Å²) in [5, 5.41) is 2.23. The van der Waals surface area contributed by atoms with E-state index in [0.29, 0.717) is 0 Å². The predicted molar refractivity (Wildman–Crippen MR) is 45.9 cm³/mol. The molecule has 0 aliphatic carbocycles. The molecule has 3 N–H and O–H groups in total. The number of carbonyl (C=O) groups is 1. The molecule has 0 saturated heterocycles. The van der Waals surface area contributed by atoms with E-state index in [1.54, 1.807) is 0 Å². The van der Waals surface area contributed by atoms with E-state index in [0.717, 1.165) is 6.07 Å². The van der Waals surface area contributed by atoms with Gasteiger partial charge in [-0.25, -0.2) is 9.18 Å². The summed E-state index contributed by atoms with van der Waals surface area (Å²) in [5.41, 5.74) is 5.24. The SMILES string of the molecule is CNC(=O)Oc1ccc(N)c(F)c1. The lowest BCUT2D eigenvalue weighted by atomic mass is 10.3. The standard InChI is InChI=1S/C8H9FN2O2/c1-11-8(12)13-5-2-3-7(10)6(9)4-5/h2-4H,10H2,1H3,(H,11,12). The molecule has 70 valence electrons. The molecule has 1 amide bonds. The van der Waals surface area contributed by atoms with Crippen LogP contribution in [0.15, 0.2) is 18.2 Å². The zero-order valence-corrected chi connectivity index (χ0v) is 7.00. The number of halogens is 1. The normalized spacial score (nSPS) is 9.38. The zero-order valence-electron chi connectivity index (χ0n) is 7.00. The first-order valence-corrected chi connectivity index (χ1v) is 3.58. The van der Waals surface area contributed by atoms with E-state index in [-0.39, 0.29) is 11.4 Å². The molecule has 0 spiro atoms. The van der Waals surface area contributed by atoms with Gasteiger partial charge in [0, 0.05) is 13.1 Å². The van der Waals surface area contributed by atoms with Gasteiger partial charge in [-0.15, -0.1) is 0 Å². The first-order chi connectivity index (χ1) is 6.13. The van der Waals surface area contributed by atoms with Crippen LogP contribution in [-0.4, -0.2) is 13.1 Å². The van der Waals surface area contributed by atoms with Gasteiger partial charge in [0.25, 0.3) is 0 Å². The van der Waals surface area contributed by atoms with Gasteiger partial charge in [0.2, 0.25) is 0 Å². The van der Waals surface area contributed by atoms with Crippen molar-refractivity contribution in [2.45, 2.75) is 0 Å². The van der Waals surface area contributed by atoms with Gasteiger partial charge < -0.3 is 15.8 Å².